The largest absolute Gasteiger partial charge is 0.351 e. The molecule has 1 aliphatic rings. The average Bonchev–Trinajstić information content (AvgIpc) is 3.07. The van der Waals surface area contributed by atoms with E-state index in [2.05, 4.69) is 10.3 Å². The highest BCUT2D eigenvalue weighted by atomic mass is 32.2. The van der Waals surface area contributed by atoms with E-state index in [0.717, 1.165) is 41.5 Å². The lowest BCUT2D eigenvalue weighted by atomic mass is 9.97. The summed E-state index contributed by atoms with van der Waals surface area (Å²) in [5.74, 6) is -0.296. The standard InChI is InChI=1S/C20H20FN3O2S2/c1-24-19(26)17-14-4-2-3-5-15(14)28-18(17)23-20(24)27-11-16(25)22-10-12-6-8-13(21)9-7-12/h6-9H,2-5,10-11H2,1H3,(H,22,25). The third-order valence-electron chi connectivity index (χ3n) is 4.89. The van der Waals surface area contributed by atoms with Gasteiger partial charge in [-0.3, -0.25) is 14.2 Å². The number of nitrogens with zero attached hydrogens (tertiary/aromatic N) is 2. The van der Waals surface area contributed by atoms with Crippen LogP contribution in [0.15, 0.2) is 34.2 Å². The molecule has 1 amide bonds. The first-order chi connectivity index (χ1) is 13.5. The number of aryl methyl sites for hydroxylation is 2. The number of hydrogen-bond donors (Lipinski definition) is 1. The van der Waals surface area contributed by atoms with Crippen molar-refractivity contribution in [1.82, 2.24) is 14.9 Å². The van der Waals surface area contributed by atoms with E-state index in [9.17, 15) is 14.0 Å². The van der Waals surface area contributed by atoms with Gasteiger partial charge in [-0.25, -0.2) is 9.37 Å². The highest BCUT2D eigenvalue weighted by molar-refractivity contribution is 7.99. The van der Waals surface area contributed by atoms with E-state index < -0.39 is 0 Å². The van der Waals surface area contributed by atoms with Crippen molar-refractivity contribution in [1.29, 1.82) is 0 Å². The van der Waals surface area contributed by atoms with Crippen molar-refractivity contribution >= 4 is 39.2 Å². The quantitative estimate of drug-likeness (QED) is 0.510. The zero-order valence-electron chi connectivity index (χ0n) is 15.5. The van der Waals surface area contributed by atoms with Gasteiger partial charge in [0.15, 0.2) is 5.16 Å². The molecule has 1 aromatic carbocycles. The Morgan fingerprint density at radius 3 is 2.82 bits per heavy atom. The third-order valence-corrected chi connectivity index (χ3v) is 7.11. The van der Waals surface area contributed by atoms with Crippen LogP contribution in [-0.4, -0.2) is 21.2 Å². The second-order valence-electron chi connectivity index (χ2n) is 6.84. The minimum Gasteiger partial charge on any atom is -0.351 e. The third kappa shape index (κ3) is 3.84. The molecular weight excluding hydrogens is 397 g/mol. The molecule has 4 rings (SSSR count). The van der Waals surface area contributed by atoms with Crippen LogP contribution in [0.2, 0.25) is 0 Å². The number of carbonyl (C=O) groups is 1. The molecule has 0 bridgehead atoms. The fourth-order valence-corrected chi connectivity index (χ4v) is 5.48. The lowest BCUT2D eigenvalue weighted by Crippen LogP contribution is -2.26. The maximum Gasteiger partial charge on any atom is 0.262 e. The number of nitrogens with one attached hydrogen (secondary N) is 1. The van der Waals surface area contributed by atoms with Gasteiger partial charge in [-0.05, 0) is 48.9 Å². The van der Waals surface area contributed by atoms with E-state index >= 15 is 0 Å². The summed E-state index contributed by atoms with van der Waals surface area (Å²) in [4.78, 5) is 31.7. The molecule has 1 N–H and O–H groups in total. The van der Waals surface area contributed by atoms with Gasteiger partial charge < -0.3 is 5.32 Å². The Hall–Kier alpha value is -2.19. The van der Waals surface area contributed by atoms with E-state index in [0.29, 0.717) is 11.7 Å². The first-order valence-corrected chi connectivity index (χ1v) is 11.0. The monoisotopic (exact) mass is 417 g/mol. The number of benzene rings is 1. The number of halogens is 1. The normalized spacial score (nSPS) is 13.5. The summed E-state index contributed by atoms with van der Waals surface area (Å²) >= 11 is 2.86. The number of hydrogen-bond acceptors (Lipinski definition) is 5. The minimum atomic E-state index is -0.303. The van der Waals surface area contributed by atoms with Gasteiger partial charge in [-0.2, -0.15) is 0 Å². The van der Waals surface area contributed by atoms with Crippen LogP contribution in [-0.2, 0) is 31.2 Å². The lowest BCUT2D eigenvalue weighted by Gasteiger charge is -2.11. The molecule has 0 fully saturated rings. The predicted molar refractivity (Wildman–Crippen MR) is 110 cm³/mol. The SMILES string of the molecule is Cn1c(SCC(=O)NCc2ccc(F)cc2)nc2sc3c(c2c1=O)CCCC3. The van der Waals surface area contributed by atoms with Crippen molar-refractivity contribution in [2.24, 2.45) is 7.05 Å². The molecule has 0 unspecified atom stereocenters. The molecule has 0 saturated carbocycles. The summed E-state index contributed by atoms with van der Waals surface area (Å²) in [5.41, 5.74) is 1.97. The van der Waals surface area contributed by atoms with E-state index in [4.69, 9.17) is 0 Å². The molecule has 0 atom stereocenters. The van der Waals surface area contributed by atoms with E-state index in [1.807, 2.05) is 0 Å². The van der Waals surface area contributed by atoms with Gasteiger partial charge >= 0.3 is 0 Å². The molecule has 0 saturated heterocycles. The Labute approximate surface area is 170 Å². The second kappa shape index (κ2) is 8.05. The second-order valence-corrected chi connectivity index (χ2v) is 8.87. The van der Waals surface area contributed by atoms with Crippen molar-refractivity contribution in [3.05, 3.63) is 56.4 Å². The molecule has 1 aliphatic carbocycles. The Morgan fingerprint density at radius 1 is 1.29 bits per heavy atom. The van der Waals surface area contributed by atoms with Crippen molar-refractivity contribution in [2.45, 2.75) is 37.4 Å². The van der Waals surface area contributed by atoms with Gasteiger partial charge in [0.2, 0.25) is 5.91 Å². The van der Waals surface area contributed by atoms with Crippen LogP contribution in [0.25, 0.3) is 10.2 Å². The summed E-state index contributed by atoms with van der Waals surface area (Å²) in [6.07, 6.45) is 4.25. The summed E-state index contributed by atoms with van der Waals surface area (Å²) in [6.45, 7) is 0.336. The molecule has 0 aliphatic heterocycles. The highest BCUT2D eigenvalue weighted by Gasteiger charge is 2.21. The maximum atomic E-state index is 12.9. The van der Waals surface area contributed by atoms with Crippen molar-refractivity contribution in [3.63, 3.8) is 0 Å². The van der Waals surface area contributed by atoms with Crippen molar-refractivity contribution < 1.29 is 9.18 Å². The molecule has 8 heteroatoms. The van der Waals surface area contributed by atoms with Crippen LogP contribution in [0, 0.1) is 5.82 Å². The fourth-order valence-electron chi connectivity index (χ4n) is 3.38. The number of carbonyl (C=O) groups excluding carboxylic acids is 1. The molecule has 5 nitrogen and oxygen atoms in total. The van der Waals surface area contributed by atoms with Crippen LogP contribution in [0.1, 0.15) is 28.8 Å². The van der Waals surface area contributed by atoms with Crippen LogP contribution < -0.4 is 10.9 Å². The lowest BCUT2D eigenvalue weighted by molar-refractivity contribution is -0.118. The van der Waals surface area contributed by atoms with E-state index in [1.165, 1.54) is 34.3 Å². The van der Waals surface area contributed by atoms with Crippen LogP contribution in [0.4, 0.5) is 4.39 Å². The molecule has 2 aromatic heterocycles. The van der Waals surface area contributed by atoms with Gasteiger partial charge in [-0.1, -0.05) is 23.9 Å². The van der Waals surface area contributed by atoms with Gasteiger partial charge in [-0.15, -0.1) is 11.3 Å². The highest BCUT2D eigenvalue weighted by Crippen LogP contribution is 2.34. The van der Waals surface area contributed by atoms with E-state index in [1.54, 1.807) is 35.1 Å². The van der Waals surface area contributed by atoms with E-state index in [-0.39, 0.29) is 23.0 Å². The van der Waals surface area contributed by atoms with Gasteiger partial charge in [0.25, 0.3) is 5.56 Å². The molecule has 0 radical (unpaired) electrons. The fraction of sp³-hybridized carbons (Fsp3) is 0.350. The Bertz CT molecular complexity index is 1090. The average molecular weight is 418 g/mol. The zero-order valence-corrected chi connectivity index (χ0v) is 17.1. The van der Waals surface area contributed by atoms with Crippen LogP contribution in [0.5, 0.6) is 0 Å². The Balaban J connectivity index is 1.45. The summed E-state index contributed by atoms with van der Waals surface area (Å²) < 4.78 is 14.5. The van der Waals surface area contributed by atoms with Gasteiger partial charge in [0.1, 0.15) is 10.6 Å². The Morgan fingerprint density at radius 2 is 2.04 bits per heavy atom. The van der Waals surface area contributed by atoms with Gasteiger partial charge in [0.05, 0.1) is 11.1 Å². The predicted octanol–water partition coefficient (Wildman–Crippen LogP) is 3.42. The smallest absolute Gasteiger partial charge is 0.262 e. The number of rotatable bonds is 5. The summed E-state index contributed by atoms with van der Waals surface area (Å²) in [7, 11) is 1.71. The number of thiophene rings is 1. The number of thioether (sulfide) groups is 1. The molecule has 2 heterocycles. The minimum absolute atomic E-state index is 0.0291. The first-order valence-electron chi connectivity index (χ1n) is 9.18. The number of fused-ring (bicyclic) bond motifs is 3. The molecule has 3 aromatic rings. The zero-order chi connectivity index (χ0) is 19.7. The molecular formula is C20H20FN3O2S2. The van der Waals surface area contributed by atoms with Crippen molar-refractivity contribution in [3.8, 4) is 0 Å². The number of aromatic nitrogens is 2. The molecule has 28 heavy (non-hydrogen) atoms. The summed E-state index contributed by atoms with van der Waals surface area (Å²) in [5, 5.41) is 4.11. The molecule has 0 spiro atoms. The number of amides is 1. The van der Waals surface area contributed by atoms with Crippen LogP contribution >= 0.6 is 23.1 Å². The van der Waals surface area contributed by atoms with Gasteiger partial charge in [0, 0.05) is 18.5 Å². The molecule has 146 valence electrons. The first kappa shape index (κ1) is 19.1. The topological polar surface area (TPSA) is 64.0 Å². The maximum absolute atomic E-state index is 12.9. The Kier molecular flexibility index (Phi) is 5.50. The van der Waals surface area contributed by atoms with Crippen LogP contribution in [0.3, 0.4) is 0 Å². The summed E-state index contributed by atoms with van der Waals surface area (Å²) in [6, 6.07) is 6.01. The van der Waals surface area contributed by atoms with Crippen molar-refractivity contribution in [2.75, 3.05) is 5.75 Å².